The number of alkyl halides is 6. The number of halogens is 9. The Morgan fingerprint density at radius 1 is 0.714 bits per heavy atom. The lowest BCUT2D eigenvalue weighted by atomic mass is 9.84. The SMILES string of the molecule is CC(C)(C)OC(=O)N1C2CCC1C(c1cnc(F)c(-c3ccc(C(F)(F)F)cc3)c1)C2.Cl.Fc1ncc(C2CC3CCC2N3)cc1-c1ccc(C(F)(F)F)cc1. The highest BCUT2D eigenvalue weighted by Crippen LogP contribution is 2.48. The van der Waals surface area contributed by atoms with Crippen LogP contribution in [0.5, 0.6) is 0 Å². The summed E-state index contributed by atoms with van der Waals surface area (Å²) in [5.74, 6) is -1.12. The minimum atomic E-state index is -4.45. The molecule has 6 heterocycles. The van der Waals surface area contributed by atoms with Gasteiger partial charge in [0.2, 0.25) is 11.9 Å². The molecule has 2 aromatic heterocycles. The van der Waals surface area contributed by atoms with Gasteiger partial charge in [0, 0.05) is 59.5 Å². The molecule has 0 spiro atoms. The maximum absolute atomic E-state index is 14.4. The van der Waals surface area contributed by atoms with E-state index in [0.29, 0.717) is 29.1 Å². The summed E-state index contributed by atoms with van der Waals surface area (Å²) in [6.07, 6.45) is -0.477. The summed E-state index contributed by atoms with van der Waals surface area (Å²) in [6, 6.07) is 13.2. The van der Waals surface area contributed by atoms with Crippen molar-refractivity contribution in [3.05, 3.63) is 107 Å². The number of amides is 1. The number of nitrogens with zero attached hydrogens (tertiary/aromatic N) is 3. The number of carbonyl (C=O) groups excluding carboxylic acids is 1. The van der Waals surface area contributed by atoms with Crippen molar-refractivity contribution in [1.29, 1.82) is 0 Å². The molecule has 4 fully saturated rings. The number of benzene rings is 2. The van der Waals surface area contributed by atoms with E-state index in [1.54, 1.807) is 23.2 Å². The Labute approximate surface area is 325 Å². The molecular weight excluding hydrogens is 768 g/mol. The molecule has 0 saturated carbocycles. The van der Waals surface area contributed by atoms with Crippen LogP contribution in [-0.4, -0.2) is 50.7 Å². The van der Waals surface area contributed by atoms with Crippen LogP contribution >= 0.6 is 12.4 Å². The molecule has 6 atom stereocenters. The van der Waals surface area contributed by atoms with Crippen molar-refractivity contribution in [2.24, 2.45) is 0 Å². The van der Waals surface area contributed by atoms with E-state index in [0.717, 1.165) is 67.5 Å². The smallest absolute Gasteiger partial charge is 0.416 e. The van der Waals surface area contributed by atoms with Crippen molar-refractivity contribution in [3.63, 3.8) is 0 Å². The van der Waals surface area contributed by atoms with E-state index in [1.165, 1.54) is 36.9 Å². The first-order valence-electron chi connectivity index (χ1n) is 18.3. The molecule has 8 rings (SSSR count). The quantitative estimate of drug-likeness (QED) is 0.164. The number of rotatable bonds is 4. The highest BCUT2D eigenvalue weighted by atomic mass is 35.5. The number of aromatic nitrogens is 2. The Bertz CT molecular complexity index is 2040. The van der Waals surface area contributed by atoms with E-state index < -0.39 is 41.0 Å². The van der Waals surface area contributed by atoms with Crippen LogP contribution in [0, 0.1) is 11.9 Å². The van der Waals surface area contributed by atoms with Crippen molar-refractivity contribution in [2.45, 2.75) is 113 Å². The normalized spacial score (nSPS) is 24.1. The third kappa shape index (κ3) is 8.66. The van der Waals surface area contributed by atoms with Crippen LogP contribution in [0.25, 0.3) is 22.3 Å². The monoisotopic (exact) mass is 808 g/mol. The van der Waals surface area contributed by atoms with Crippen LogP contribution in [0.2, 0.25) is 0 Å². The molecule has 2 aromatic carbocycles. The molecular formula is C41H41ClF8N4O2. The fourth-order valence-electron chi connectivity index (χ4n) is 8.56. The second-order valence-electron chi connectivity index (χ2n) is 15.8. The summed E-state index contributed by atoms with van der Waals surface area (Å²) in [4.78, 5) is 22.2. The highest BCUT2D eigenvalue weighted by molar-refractivity contribution is 5.85. The van der Waals surface area contributed by atoms with Crippen LogP contribution in [-0.2, 0) is 17.1 Å². The van der Waals surface area contributed by atoms with Crippen molar-refractivity contribution in [3.8, 4) is 22.3 Å². The van der Waals surface area contributed by atoms with Gasteiger partial charge in [0.1, 0.15) is 5.60 Å². The second-order valence-corrected chi connectivity index (χ2v) is 15.8. The van der Waals surface area contributed by atoms with Crippen LogP contribution < -0.4 is 5.32 Å². The van der Waals surface area contributed by atoms with E-state index in [-0.39, 0.29) is 47.6 Å². The fourth-order valence-corrected chi connectivity index (χ4v) is 8.56. The lowest BCUT2D eigenvalue weighted by molar-refractivity contribution is -0.138. The van der Waals surface area contributed by atoms with Crippen LogP contribution in [0.15, 0.2) is 73.1 Å². The zero-order valence-corrected chi connectivity index (χ0v) is 31.5. The standard InChI is InChI=1S/C23H24F4N2O2.C18H16F4N2.ClH/c1-22(2,3)31-21(30)29-16-8-9-19(29)17(11-16)14-10-18(20(24)28-12-14)13-4-6-15(7-5-13)23(25,26)27;19-17-15(10-1-3-12(4-2-10)18(20,21)22)7-11(9-23-17)14-8-13-5-6-16(14)24-13;/h4-7,10,12,16-17,19H,8-9,11H2,1-3H3;1-4,7,9,13-14,16,24H,5-6,8H2;1H. The number of nitrogens with one attached hydrogen (secondary N) is 1. The Balaban J connectivity index is 0.000000192. The summed E-state index contributed by atoms with van der Waals surface area (Å²) >= 11 is 0. The van der Waals surface area contributed by atoms with E-state index in [4.69, 9.17) is 4.74 Å². The highest BCUT2D eigenvalue weighted by Gasteiger charge is 2.50. The molecule has 4 aromatic rings. The summed E-state index contributed by atoms with van der Waals surface area (Å²) in [6.45, 7) is 5.46. The molecule has 4 aliphatic heterocycles. The van der Waals surface area contributed by atoms with Crippen molar-refractivity contribution in [1.82, 2.24) is 20.2 Å². The third-order valence-corrected chi connectivity index (χ3v) is 11.1. The maximum Gasteiger partial charge on any atom is 0.416 e. The van der Waals surface area contributed by atoms with Crippen molar-refractivity contribution >= 4 is 18.5 Å². The van der Waals surface area contributed by atoms with Gasteiger partial charge in [0.25, 0.3) is 0 Å². The molecule has 56 heavy (non-hydrogen) atoms. The van der Waals surface area contributed by atoms with Gasteiger partial charge >= 0.3 is 18.4 Å². The van der Waals surface area contributed by atoms with E-state index >= 15 is 0 Å². The first-order valence-corrected chi connectivity index (χ1v) is 18.3. The second kappa shape index (κ2) is 15.6. The molecule has 15 heteroatoms. The number of hydrogen-bond donors (Lipinski definition) is 1. The van der Waals surface area contributed by atoms with Gasteiger partial charge in [-0.2, -0.15) is 35.1 Å². The van der Waals surface area contributed by atoms with Gasteiger partial charge in [0.15, 0.2) is 0 Å². The topological polar surface area (TPSA) is 67.3 Å². The van der Waals surface area contributed by atoms with E-state index in [9.17, 15) is 39.9 Å². The van der Waals surface area contributed by atoms with Gasteiger partial charge in [-0.15, -0.1) is 12.4 Å². The van der Waals surface area contributed by atoms with Gasteiger partial charge in [-0.3, -0.25) is 0 Å². The van der Waals surface area contributed by atoms with Gasteiger partial charge in [-0.05, 0) is 118 Å². The Morgan fingerprint density at radius 2 is 1.21 bits per heavy atom. The first-order chi connectivity index (χ1) is 25.9. The Kier molecular flexibility index (Phi) is 11.5. The minimum Gasteiger partial charge on any atom is -0.444 e. The largest absolute Gasteiger partial charge is 0.444 e. The Hall–Kier alpha value is -4.30. The lowest BCUT2D eigenvalue weighted by Gasteiger charge is -2.28. The number of ether oxygens (including phenoxy) is 1. The summed E-state index contributed by atoms with van der Waals surface area (Å²) in [5, 5.41) is 3.53. The lowest BCUT2D eigenvalue weighted by Crippen LogP contribution is -2.40. The number of fused-ring (bicyclic) bond motifs is 4. The number of carbonyl (C=O) groups is 1. The molecule has 6 nitrogen and oxygen atoms in total. The third-order valence-electron chi connectivity index (χ3n) is 11.1. The molecule has 0 radical (unpaired) electrons. The zero-order chi connectivity index (χ0) is 39.4. The van der Waals surface area contributed by atoms with Crippen LogP contribution in [0.4, 0.5) is 39.9 Å². The van der Waals surface area contributed by atoms with Crippen molar-refractivity contribution in [2.75, 3.05) is 0 Å². The molecule has 4 aliphatic rings. The van der Waals surface area contributed by atoms with Gasteiger partial charge < -0.3 is 15.0 Å². The molecule has 0 aliphatic carbocycles. The number of hydrogen-bond acceptors (Lipinski definition) is 5. The number of pyridine rings is 2. The molecule has 1 amide bonds. The molecule has 4 bridgehead atoms. The van der Waals surface area contributed by atoms with Crippen LogP contribution in [0.1, 0.15) is 93.4 Å². The summed E-state index contributed by atoms with van der Waals surface area (Å²) < 4.78 is 111. The van der Waals surface area contributed by atoms with Gasteiger partial charge in [-0.1, -0.05) is 24.3 Å². The minimum absolute atomic E-state index is 0. The predicted octanol–water partition coefficient (Wildman–Crippen LogP) is 11.1. The molecule has 300 valence electrons. The molecule has 1 N–H and O–H groups in total. The van der Waals surface area contributed by atoms with Crippen molar-refractivity contribution < 1.29 is 44.7 Å². The first kappa shape index (κ1) is 41.3. The summed E-state index contributed by atoms with van der Waals surface area (Å²) in [5.41, 5.74) is 0.736. The predicted molar refractivity (Wildman–Crippen MR) is 196 cm³/mol. The van der Waals surface area contributed by atoms with Crippen LogP contribution in [0.3, 0.4) is 0 Å². The molecule has 6 unspecified atom stereocenters. The van der Waals surface area contributed by atoms with E-state index in [2.05, 4.69) is 15.3 Å². The van der Waals surface area contributed by atoms with Gasteiger partial charge in [-0.25, -0.2) is 14.8 Å². The Morgan fingerprint density at radius 3 is 1.64 bits per heavy atom. The average molecular weight is 809 g/mol. The van der Waals surface area contributed by atoms with E-state index in [1.807, 2.05) is 20.8 Å². The molecule has 4 saturated heterocycles. The summed E-state index contributed by atoms with van der Waals surface area (Å²) in [7, 11) is 0. The maximum atomic E-state index is 14.4. The fraction of sp³-hybridized carbons (Fsp3) is 0.439. The van der Waals surface area contributed by atoms with Gasteiger partial charge in [0.05, 0.1) is 11.1 Å². The average Bonchev–Trinajstić information content (AvgIpc) is 3.93. The zero-order valence-electron chi connectivity index (χ0n) is 30.7.